The average Bonchev–Trinajstić information content (AvgIpc) is 3.07. The Morgan fingerprint density at radius 3 is 2.21 bits per heavy atom. The van der Waals surface area contributed by atoms with Crippen molar-refractivity contribution in [3.63, 3.8) is 0 Å². The molecule has 1 amide bonds. The average molecular weight is 397 g/mol. The van der Waals surface area contributed by atoms with Crippen molar-refractivity contribution in [3.05, 3.63) is 71.8 Å². The van der Waals surface area contributed by atoms with E-state index in [-0.39, 0.29) is 13.0 Å². The van der Waals surface area contributed by atoms with E-state index in [0.717, 1.165) is 10.5 Å². The topological polar surface area (TPSA) is 136 Å². The minimum Gasteiger partial charge on any atom is -0.478 e. The van der Waals surface area contributed by atoms with Crippen molar-refractivity contribution < 1.29 is 24.2 Å². The second-order valence-corrected chi connectivity index (χ2v) is 6.96. The van der Waals surface area contributed by atoms with Crippen LogP contribution in [0.3, 0.4) is 0 Å². The van der Waals surface area contributed by atoms with Crippen molar-refractivity contribution in [3.8, 4) is 0 Å². The van der Waals surface area contributed by atoms with Gasteiger partial charge in [-0.3, -0.25) is 15.3 Å². The van der Waals surface area contributed by atoms with Crippen LogP contribution in [0.25, 0.3) is 0 Å². The monoisotopic (exact) mass is 397 g/mol. The number of nitrogens with two attached hydrogens (primary N) is 2. The highest BCUT2D eigenvalue weighted by molar-refractivity contribution is 5.91. The molecule has 29 heavy (non-hydrogen) atoms. The molecule has 2 aromatic rings. The molecule has 0 radical (unpaired) electrons. The molecule has 3 rings (SSSR count). The molecule has 1 fully saturated rings. The van der Waals surface area contributed by atoms with Crippen LogP contribution in [0, 0.1) is 5.92 Å². The largest absolute Gasteiger partial charge is 0.478 e. The third kappa shape index (κ3) is 3.98. The molecule has 0 saturated carbocycles. The summed E-state index contributed by atoms with van der Waals surface area (Å²) in [6.45, 7) is -0.394. The molecule has 3 unspecified atom stereocenters. The van der Waals surface area contributed by atoms with E-state index in [2.05, 4.69) is 0 Å². The third-order valence-electron chi connectivity index (χ3n) is 5.10. The number of hydrogen-bond donors (Lipinski definition) is 3. The lowest BCUT2D eigenvalue weighted by Gasteiger charge is -2.35. The standard InChI is InChI=1S/C21H23N3O5/c22-12-17(25)24-18(15-9-5-2-6-10-15)16(11-21(24,23)20(27)28)19(26)29-13-14-7-3-1-4-8-14/h1-10,16,18H,11-13,22-23H2,(H,27,28). The van der Waals surface area contributed by atoms with E-state index in [1.54, 1.807) is 30.3 Å². The first-order chi connectivity index (χ1) is 13.9. The van der Waals surface area contributed by atoms with Gasteiger partial charge in [0.15, 0.2) is 5.66 Å². The molecule has 8 heteroatoms. The summed E-state index contributed by atoms with van der Waals surface area (Å²) >= 11 is 0. The van der Waals surface area contributed by atoms with Crippen LogP contribution in [0.1, 0.15) is 23.6 Å². The second kappa shape index (κ2) is 8.42. The maximum atomic E-state index is 12.9. The summed E-state index contributed by atoms with van der Waals surface area (Å²) in [7, 11) is 0. The Kier molecular flexibility index (Phi) is 5.95. The van der Waals surface area contributed by atoms with Gasteiger partial charge in [-0.2, -0.15) is 0 Å². The highest BCUT2D eigenvalue weighted by Crippen LogP contribution is 2.45. The Morgan fingerprint density at radius 1 is 1.07 bits per heavy atom. The van der Waals surface area contributed by atoms with Crippen LogP contribution in [-0.2, 0) is 25.7 Å². The Labute approximate surface area is 168 Å². The second-order valence-electron chi connectivity index (χ2n) is 6.96. The number of amides is 1. The van der Waals surface area contributed by atoms with Gasteiger partial charge in [0.1, 0.15) is 6.61 Å². The first kappa shape index (κ1) is 20.5. The van der Waals surface area contributed by atoms with Crippen molar-refractivity contribution in [2.75, 3.05) is 6.54 Å². The minimum atomic E-state index is -2.06. The first-order valence-electron chi connectivity index (χ1n) is 9.18. The predicted octanol–water partition coefficient (Wildman–Crippen LogP) is 1.02. The molecule has 0 spiro atoms. The van der Waals surface area contributed by atoms with Crippen molar-refractivity contribution in [2.24, 2.45) is 17.4 Å². The van der Waals surface area contributed by atoms with Crippen molar-refractivity contribution in [1.29, 1.82) is 0 Å². The van der Waals surface area contributed by atoms with E-state index in [9.17, 15) is 19.5 Å². The summed E-state index contributed by atoms with van der Waals surface area (Å²) in [6.07, 6.45) is -0.277. The van der Waals surface area contributed by atoms with Crippen LogP contribution in [0.5, 0.6) is 0 Å². The van der Waals surface area contributed by atoms with Crippen LogP contribution < -0.4 is 11.5 Å². The highest BCUT2D eigenvalue weighted by atomic mass is 16.5. The molecule has 1 aliphatic rings. The van der Waals surface area contributed by atoms with Crippen LogP contribution in [0.2, 0.25) is 0 Å². The van der Waals surface area contributed by atoms with Gasteiger partial charge in [-0.05, 0) is 11.1 Å². The molecular formula is C21H23N3O5. The van der Waals surface area contributed by atoms with E-state index in [0.29, 0.717) is 5.56 Å². The van der Waals surface area contributed by atoms with Crippen LogP contribution in [0.4, 0.5) is 0 Å². The third-order valence-corrected chi connectivity index (χ3v) is 5.10. The number of aliphatic carboxylic acids is 1. The highest BCUT2D eigenvalue weighted by Gasteiger charge is 2.59. The number of carboxylic acid groups (broad SMARTS) is 1. The van der Waals surface area contributed by atoms with E-state index in [1.165, 1.54) is 0 Å². The number of ether oxygens (including phenoxy) is 1. The smallest absolute Gasteiger partial charge is 0.344 e. The molecule has 0 bridgehead atoms. The van der Waals surface area contributed by atoms with Gasteiger partial charge in [0.05, 0.1) is 18.5 Å². The van der Waals surface area contributed by atoms with Crippen LogP contribution >= 0.6 is 0 Å². The van der Waals surface area contributed by atoms with Crippen molar-refractivity contribution in [1.82, 2.24) is 4.90 Å². The molecule has 3 atom stereocenters. The Bertz CT molecular complexity index is 890. The molecule has 5 N–H and O–H groups in total. The van der Waals surface area contributed by atoms with Gasteiger partial charge >= 0.3 is 11.9 Å². The molecular weight excluding hydrogens is 374 g/mol. The minimum absolute atomic E-state index is 0.0349. The maximum Gasteiger partial charge on any atom is 0.344 e. The lowest BCUT2D eigenvalue weighted by atomic mass is 9.92. The summed E-state index contributed by atoms with van der Waals surface area (Å²) < 4.78 is 5.44. The zero-order chi connectivity index (χ0) is 21.0. The van der Waals surface area contributed by atoms with Crippen molar-refractivity contribution >= 4 is 17.8 Å². The normalized spacial score (nSPS) is 23.6. The number of carbonyl (C=O) groups is 3. The van der Waals surface area contributed by atoms with Gasteiger partial charge in [-0.1, -0.05) is 60.7 Å². The number of benzene rings is 2. The summed E-state index contributed by atoms with van der Waals surface area (Å²) in [5, 5.41) is 9.75. The number of carbonyl (C=O) groups excluding carboxylic acids is 2. The van der Waals surface area contributed by atoms with Gasteiger partial charge < -0.3 is 20.5 Å². The molecule has 1 aliphatic heterocycles. The van der Waals surface area contributed by atoms with Gasteiger partial charge in [0.25, 0.3) is 0 Å². The molecule has 152 valence electrons. The number of likely N-dealkylation sites (tertiary alicyclic amines) is 1. The van der Waals surface area contributed by atoms with Gasteiger partial charge in [-0.25, -0.2) is 4.79 Å². The van der Waals surface area contributed by atoms with Gasteiger partial charge in [0, 0.05) is 6.42 Å². The van der Waals surface area contributed by atoms with E-state index >= 15 is 0 Å². The fraction of sp³-hybridized carbons (Fsp3) is 0.286. The van der Waals surface area contributed by atoms with E-state index in [1.807, 2.05) is 30.3 Å². The number of rotatable bonds is 6. The van der Waals surface area contributed by atoms with Crippen LogP contribution in [0.15, 0.2) is 60.7 Å². The Morgan fingerprint density at radius 2 is 1.66 bits per heavy atom. The first-order valence-corrected chi connectivity index (χ1v) is 9.18. The SMILES string of the molecule is NCC(=O)N1C(c2ccccc2)C(C(=O)OCc2ccccc2)CC1(N)C(=O)O. The van der Waals surface area contributed by atoms with Gasteiger partial charge in [0.2, 0.25) is 5.91 Å². The fourth-order valence-corrected chi connectivity index (χ4v) is 3.72. The zero-order valence-electron chi connectivity index (χ0n) is 15.7. The lowest BCUT2D eigenvalue weighted by Crippen LogP contribution is -2.61. The number of esters is 1. The number of nitrogens with zero attached hydrogens (tertiary/aromatic N) is 1. The van der Waals surface area contributed by atoms with E-state index < -0.39 is 42.0 Å². The van der Waals surface area contributed by atoms with E-state index in [4.69, 9.17) is 16.2 Å². The summed E-state index contributed by atoms with van der Waals surface area (Å²) in [5.74, 6) is -3.62. The van der Waals surface area contributed by atoms with Crippen molar-refractivity contribution in [2.45, 2.75) is 24.7 Å². The summed E-state index contributed by atoms with van der Waals surface area (Å²) in [6, 6.07) is 16.9. The maximum absolute atomic E-state index is 12.9. The molecule has 1 saturated heterocycles. The summed E-state index contributed by atoms with van der Waals surface area (Å²) in [4.78, 5) is 38.5. The quantitative estimate of drug-likeness (QED) is 0.619. The molecule has 0 aliphatic carbocycles. The zero-order valence-corrected chi connectivity index (χ0v) is 15.7. The Balaban J connectivity index is 1.96. The number of carboxylic acids is 1. The van der Waals surface area contributed by atoms with Crippen LogP contribution in [-0.4, -0.2) is 40.1 Å². The lowest BCUT2D eigenvalue weighted by molar-refractivity contribution is -0.157. The molecule has 8 nitrogen and oxygen atoms in total. The molecule has 0 aromatic heterocycles. The van der Waals surface area contributed by atoms with Gasteiger partial charge in [-0.15, -0.1) is 0 Å². The molecule has 2 aromatic carbocycles. The predicted molar refractivity (Wildman–Crippen MR) is 104 cm³/mol. The molecule has 1 heterocycles. The Hall–Kier alpha value is -3.23. The summed E-state index contributed by atoms with van der Waals surface area (Å²) in [5.41, 5.74) is 11.0. The fourth-order valence-electron chi connectivity index (χ4n) is 3.72. The number of hydrogen-bond acceptors (Lipinski definition) is 6.